The van der Waals surface area contributed by atoms with Gasteiger partial charge in [0.1, 0.15) is 6.07 Å². The number of halogens is 1. The molecule has 0 N–H and O–H groups in total. The first-order valence-corrected chi connectivity index (χ1v) is 8.18. The zero-order valence-electron chi connectivity index (χ0n) is 12.5. The van der Waals surface area contributed by atoms with Gasteiger partial charge < -0.3 is 9.64 Å². The molecule has 0 aliphatic carbocycles. The van der Waals surface area contributed by atoms with Crippen molar-refractivity contribution in [2.45, 2.75) is 38.1 Å². The van der Waals surface area contributed by atoms with Gasteiger partial charge in [0.15, 0.2) is 0 Å². The highest BCUT2D eigenvalue weighted by molar-refractivity contribution is 9.08. The van der Waals surface area contributed by atoms with Crippen LogP contribution in [0.3, 0.4) is 0 Å². The molecule has 0 fully saturated rings. The van der Waals surface area contributed by atoms with Gasteiger partial charge in [0, 0.05) is 25.0 Å². The van der Waals surface area contributed by atoms with Gasteiger partial charge in [0.05, 0.1) is 17.9 Å². The lowest BCUT2D eigenvalue weighted by Gasteiger charge is -2.33. The first-order valence-electron chi connectivity index (χ1n) is 7.06. The van der Waals surface area contributed by atoms with Crippen LogP contribution in [0, 0.1) is 11.3 Å². The lowest BCUT2D eigenvalue weighted by atomic mass is 10.0. The van der Waals surface area contributed by atoms with Gasteiger partial charge in [0.2, 0.25) is 0 Å². The van der Waals surface area contributed by atoms with E-state index in [0.29, 0.717) is 12.6 Å². The number of methoxy groups -OCH3 is 1. The van der Waals surface area contributed by atoms with Crippen LogP contribution in [-0.2, 0) is 10.1 Å². The predicted octanol–water partition coefficient (Wildman–Crippen LogP) is 4.09. The minimum absolute atomic E-state index is 0.437. The number of nitriles is 1. The second-order valence-corrected chi connectivity index (χ2v) is 5.31. The van der Waals surface area contributed by atoms with Crippen LogP contribution >= 0.6 is 15.9 Å². The lowest BCUT2D eigenvalue weighted by Crippen LogP contribution is -2.37. The van der Waals surface area contributed by atoms with E-state index < -0.39 is 0 Å². The maximum atomic E-state index is 9.42. The van der Waals surface area contributed by atoms with Crippen LogP contribution in [0.25, 0.3) is 0 Å². The first kappa shape index (κ1) is 17.0. The molecule has 0 radical (unpaired) electrons. The van der Waals surface area contributed by atoms with Gasteiger partial charge >= 0.3 is 0 Å². The van der Waals surface area contributed by atoms with E-state index in [0.717, 1.165) is 41.5 Å². The molecule has 1 aromatic carbocycles. The number of alkyl halides is 1. The summed E-state index contributed by atoms with van der Waals surface area (Å²) in [6, 6.07) is 8.86. The number of anilines is 1. The van der Waals surface area contributed by atoms with E-state index in [1.165, 1.54) is 0 Å². The van der Waals surface area contributed by atoms with Crippen molar-refractivity contribution in [3.05, 3.63) is 29.3 Å². The van der Waals surface area contributed by atoms with E-state index in [4.69, 9.17) is 4.74 Å². The van der Waals surface area contributed by atoms with E-state index in [1.54, 1.807) is 7.11 Å². The standard InChI is InChI=1S/C16H23BrN2O/c1-4-15(5-2)19(8-9-20-3)16-7-6-13(11-17)10-14(16)12-18/h6-7,10,15H,4-5,8-9,11H2,1-3H3. The summed E-state index contributed by atoms with van der Waals surface area (Å²) in [4.78, 5) is 2.31. The third-order valence-corrected chi connectivity index (χ3v) is 4.21. The molecule has 0 unspecified atom stereocenters. The van der Waals surface area contributed by atoms with E-state index in [2.05, 4.69) is 52.9 Å². The van der Waals surface area contributed by atoms with E-state index >= 15 is 0 Å². The van der Waals surface area contributed by atoms with Crippen molar-refractivity contribution in [1.29, 1.82) is 5.26 Å². The monoisotopic (exact) mass is 338 g/mol. The summed E-state index contributed by atoms with van der Waals surface area (Å²) < 4.78 is 5.22. The molecule has 0 heterocycles. The first-order chi connectivity index (χ1) is 9.71. The number of benzene rings is 1. The van der Waals surface area contributed by atoms with Gasteiger partial charge in [-0.25, -0.2) is 0 Å². The Hall–Kier alpha value is -1.05. The normalized spacial score (nSPS) is 10.6. The summed E-state index contributed by atoms with van der Waals surface area (Å²) in [7, 11) is 1.71. The molecule has 0 saturated heterocycles. The maximum Gasteiger partial charge on any atom is 0.101 e. The second-order valence-electron chi connectivity index (χ2n) is 4.75. The third-order valence-electron chi connectivity index (χ3n) is 3.56. The summed E-state index contributed by atoms with van der Waals surface area (Å²) in [5.41, 5.74) is 2.88. The summed E-state index contributed by atoms with van der Waals surface area (Å²) in [5.74, 6) is 0. The average molecular weight is 339 g/mol. The largest absolute Gasteiger partial charge is 0.383 e. The molecule has 0 aromatic heterocycles. The zero-order chi connectivity index (χ0) is 15.0. The molecular weight excluding hydrogens is 316 g/mol. The smallest absolute Gasteiger partial charge is 0.101 e. The Labute approximate surface area is 130 Å². The van der Waals surface area contributed by atoms with Gasteiger partial charge in [-0.05, 0) is 30.5 Å². The summed E-state index contributed by atoms with van der Waals surface area (Å²) >= 11 is 3.44. The minimum atomic E-state index is 0.437. The molecule has 110 valence electrons. The SMILES string of the molecule is CCC(CC)N(CCOC)c1ccc(CBr)cc1C#N. The molecule has 1 rings (SSSR count). The lowest BCUT2D eigenvalue weighted by molar-refractivity contribution is 0.202. The number of ether oxygens (including phenoxy) is 1. The molecule has 20 heavy (non-hydrogen) atoms. The number of rotatable bonds is 8. The summed E-state index contributed by atoms with van der Waals surface area (Å²) in [6.07, 6.45) is 2.12. The highest BCUT2D eigenvalue weighted by Crippen LogP contribution is 2.26. The molecule has 0 spiro atoms. The van der Waals surface area contributed by atoms with E-state index in [-0.39, 0.29) is 0 Å². The fraction of sp³-hybridized carbons (Fsp3) is 0.562. The molecule has 0 aliphatic rings. The quantitative estimate of drug-likeness (QED) is 0.669. The Morgan fingerprint density at radius 1 is 1.35 bits per heavy atom. The zero-order valence-corrected chi connectivity index (χ0v) is 14.1. The number of hydrogen-bond donors (Lipinski definition) is 0. The van der Waals surface area contributed by atoms with Crippen LogP contribution in [0.4, 0.5) is 5.69 Å². The van der Waals surface area contributed by atoms with Crippen LogP contribution in [0.2, 0.25) is 0 Å². The minimum Gasteiger partial charge on any atom is -0.383 e. The van der Waals surface area contributed by atoms with Crippen LogP contribution < -0.4 is 4.90 Å². The van der Waals surface area contributed by atoms with Gasteiger partial charge in [-0.3, -0.25) is 0 Å². The predicted molar refractivity (Wildman–Crippen MR) is 87.4 cm³/mol. The molecule has 0 aliphatic heterocycles. The number of nitrogens with zero attached hydrogens (tertiary/aromatic N) is 2. The van der Waals surface area contributed by atoms with E-state index in [9.17, 15) is 5.26 Å². The Bertz CT molecular complexity index is 452. The Morgan fingerprint density at radius 3 is 2.55 bits per heavy atom. The van der Waals surface area contributed by atoms with Crippen LogP contribution in [0.1, 0.15) is 37.8 Å². The highest BCUT2D eigenvalue weighted by Gasteiger charge is 2.18. The fourth-order valence-corrected chi connectivity index (χ4v) is 2.77. The summed E-state index contributed by atoms with van der Waals surface area (Å²) in [5, 5.41) is 10.2. The Kier molecular flexibility index (Phi) is 7.64. The maximum absolute atomic E-state index is 9.42. The molecule has 3 nitrogen and oxygen atoms in total. The molecule has 4 heteroatoms. The molecule has 1 aromatic rings. The van der Waals surface area contributed by atoms with Crippen molar-refractivity contribution in [1.82, 2.24) is 0 Å². The highest BCUT2D eigenvalue weighted by atomic mass is 79.9. The second kappa shape index (κ2) is 8.99. The van der Waals surface area contributed by atoms with Crippen LogP contribution in [0.15, 0.2) is 18.2 Å². The Morgan fingerprint density at radius 2 is 2.05 bits per heavy atom. The summed E-state index contributed by atoms with van der Waals surface area (Å²) in [6.45, 7) is 5.85. The van der Waals surface area contributed by atoms with Crippen LogP contribution in [-0.4, -0.2) is 26.3 Å². The Balaban J connectivity index is 3.15. The van der Waals surface area contributed by atoms with Crippen molar-refractivity contribution >= 4 is 21.6 Å². The molecule has 0 saturated carbocycles. The molecular formula is C16H23BrN2O. The molecule has 0 bridgehead atoms. The van der Waals surface area contributed by atoms with Crippen LogP contribution in [0.5, 0.6) is 0 Å². The van der Waals surface area contributed by atoms with Crippen molar-refractivity contribution < 1.29 is 4.74 Å². The van der Waals surface area contributed by atoms with Gasteiger partial charge in [-0.1, -0.05) is 35.8 Å². The fourth-order valence-electron chi connectivity index (χ4n) is 2.43. The third kappa shape index (κ3) is 4.22. The van der Waals surface area contributed by atoms with Gasteiger partial charge in [0.25, 0.3) is 0 Å². The van der Waals surface area contributed by atoms with E-state index in [1.807, 2.05) is 6.07 Å². The topological polar surface area (TPSA) is 36.3 Å². The number of hydrogen-bond acceptors (Lipinski definition) is 3. The van der Waals surface area contributed by atoms with Crippen molar-refractivity contribution in [3.8, 4) is 6.07 Å². The molecule has 0 atom stereocenters. The van der Waals surface area contributed by atoms with Gasteiger partial charge in [-0.15, -0.1) is 0 Å². The van der Waals surface area contributed by atoms with Gasteiger partial charge in [-0.2, -0.15) is 5.26 Å². The van der Waals surface area contributed by atoms with Crippen molar-refractivity contribution in [2.75, 3.05) is 25.2 Å². The average Bonchev–Trinajstić information content (AvgIpc) is 2.51. The van der Waals surface area contributed by atoms with Crippen molar-refractivity contribution in [2.24, 2.45) is 0 Å². The molecule has 0 amide bonds. The van der Waals surface area contributed by atoms with Crippen molar-refractivity contribution in [3.63, 3.8) is 0 Å².